The van der Waals surface area contributed by atoms with E-state index in [1.165, 1.54) is 38.5 Å². The van der Waals surface area contributed by atoms with Gasteiger partial charge < -0.3 is 10.2 Å². The summed E-state index contributed by atoms with van der Waals surface area (Å²) in [6.07, 6.45) is 10.4. The van der Waals surface area contributed by atoms with E-state index < -0.39 is 0 Å². The predicted molar refractivity (Wildman–Crippen MR) is 74.5 cm³/mol. The van der Waals surface area contributed by atoms with E-state index in [4.69, 9.17) is 0 Å². The van der Waals surface area contributed by atoms with Crippen molar-refractivity contribution in [3.63, 3.8) is 0 Å². The molecule has 3 heteroatoms. The van der Waals surface area contributed by atoms with Gasteiger partial charge in [0.2, 0.25) is 5.91 Å². The van der Waals surface area contributed by atoms with Crippen molar-refractivity contribution < 1.29 is 4.79 Å². The highest BCUT2D eigenvalue weighted by atomic mass is 16.2. The number of amides is 1. The molecule has 0 aliphatic carbocycles. The van der Waals surface area contributed by atoms with Crippen LogP contribution in [-0.2, 0) is 4.79 Å². The Kier molecular flexibility index (Phi) is 5.48. The molecule has 3 nitrogen and oxygen atoms in total. The van der Waals surface area contributed by atoms with E-state index in [1.54, 1.807) is 0 Å². The van der Waals surface area contributed by atoms with Crippen LogP contribution in [0, 0.1) is 0 Å². The lowest BCUT2D eigenvalue weighted by Gasteiger charge is -2.29. The Hall–Kier alpha value is -0.570. The van der Waals surface area contributed by atoms with Crippen molar-refractivity contribution >= 4 is 5.91 Å². The third-order valence-corrected chi connectivity index (χ3v) is 4.54. The molecule has 2 aliphatic rings. The van der Waals surface area contributed by atoms with Gasteiger partial charge in [-0.25, -0.2) is 0 Å². The fourth-order valence-electron chi connectivity index (χ4n) is 3.37. The number of hydrogen-bond acceptors (Lipinski definition) is 2. The van der Waals surface area contributed by atoms with Crippen molar-refractivity contribution in [3.05, 3.63) is 0 Å². The molecule has 1 amide bonds. The largest absolute Gasteiger partial charge is 0.340 e. The second kappa shape index (κ2) is 7.13. The van der Waals surface area contributed by atoms with Crippen molar-refractivity contribution in [2.24, 2.45) is 0 Å². The SMILES string of the molecule is CCC1CCCCCN1C(=O)CCC1CCCN1. The molecule has 2 saturated heterocycles. The van der Waals surface area contributed by atoms with E-state index >= 15 is 0 Å². The van der Waals surface area contributed by atoms with Gasteiger partial charge in [-0.3, -0.25) is 4.79 Å². The molecule has 18 heavy (non-hydrogen) atoms. The Morgan fingerprint density at radius 1 is 1.22 bits per heavy atom. The minimum Gasteiger partial charge on any atom is -0.340 e. The summed E-state index contributed by atoms with van der Waals surface area (Å²) in [5.41, 5.74) is 0. The summed E-state index contributed by atoms with van der Waals surface area (Å²) in [6.45, 7) is 4.35. The Morgan fingerprint density at radius 3 is 2.83 bits per heavy atom. The Labute approximate surface area is 111 Å². The van der Waals surface area contributed by atoms with E-state index in [1.807, 2.05) is 0 Å². The quantitative estimate of drug-likeness (QED) is 0.834. The summed E-state index contributed by atoms with van der Waals surface area (Å²) in [4.78, 5) is 14.6. The van der Waals surface area contributed by atoms with Gasteiger partial charge in [-0.2, -0.15) is 0 Å². The molecule has 2 heterocycles. The number of nitrogens with zero attached hydrogens (tertiary/aromatic N) is 1. The molecule has 2 rings (SSSR count). The fraction of sp³-hybridized carbons (Fsp3) is 0.933. The highest BCUT2D eigenvalue weighted by molar-refractivity contribution is 5.76. The lowest BCUT2D eigenvalue weighted by atomic mass is 10.1. The predicted octanol–water partition coefficient (Wildman–Crippen LogP) is 2.70. The summed E-state index contributed by atoms with van der Waals surface area (Å²) < 4.78 is 0. The van der Waals surface area contributed by atoms with Crippen LogP contribution in [0.25, 0.3) is 0 Å². The molecule has 0 aromatic rings. The third kappa shape index (κ3) is 3.71. The zero-order chi connectivity index (χ0) is 12.8. The van der Waals surface area contributed by atoms with Crippen molar-refractivity contribution in [1.82, 2.24) is 10.2 Å². The van der Waals surface area contributed by atoms with Crippen LogP contribution in [-0.4, -0.2) is 36.0 Å². The number of rotatable bonds is 4. The Bertz CT molecular complexity index is 261. The highest BCUT2D eigenvalue weighted by Crippen LogP contribution is 2.21. The van der Waals surface area contributed by atoms with Gasteiger partial charge in [0.25, 0.3) is 0 Å². The van der Waals surface area contributed by atoms with Crippen LogP contribution in [0.2, 0.25) is 0 Å². The standard InChI is InChI=1S/C15H28N2O/c1-2-14-8-4-3-5-12-17(14)15(18)10-9-13-7-6-11-16-13/h13-14,16H,2-12H2,1H3. The molecule has 0 aromatic heterocycles. The third-order valence-electron chi connectivity index (χ3n) is 4.54. The summed E-state index contributed by atoms with van der Waals surface area (Å²) >= 11 is 0. The van der Waals surface area contributed by atoms with Gasteiger partial charge in [0.05, 0.1) is 0 Å². The number of nitrogens with one attached hydrogen (secondary N) is 1. The second-order valence-electron chi connectivity index (χ2n) is 5.83. The molecule has 2 unspecified atom stereocenters. The molecular weight excluding hydrogens is 224 g/mol. The van der Waals surface area contributed by atoms with Crippen molar-refractivity contribution in [1.29, 1.82) is 0 Å². The van der Waals surface area contributed by atoms with E-state index in [0.29, 0.717) is 18.0 Å². The zero-order valence-electron chi connectivity index (χ0n) is 11.8. The molecule has 0 saturated carbocycles. The van der Waals surface area contributed by atoms with Crippen molar-refractivity contribution in [2.75, 3.05) is 13.1 Å². The highest BCUT2D eigenvalue weighted by Gasteiger charge is 2.24. The maximum absolute atomic E-state index is 12.4. The minimum absolute atomic E-state index is 0.400. The van der Waals surface area contributed by atoms with Crippen LogP contribution in [0.4, 0.5) is 0 Å². The average Bonchev–Trinajstić information content (AvgIpc) is 2.79. The van der Waals surface area contributed by atoms with Crippen molar-refractivity contribution in [3.8, 4) is 0 Å². The topological polar surface area (TPSA) is 32.3 Å². The molecule has 2 aliphatic heterocycles. The molecular formula is C15H28N2O. The van der Waals surface area contributed by atoms with Gasteiger partial charge in [0.1, 0.15) is 0 Å². The van der Waals surface area contributed by atoms with Crippen LogP contribution in [0.5, 0.6) is 0 Å². The first-order valence-corrected chi connectivity index (χ1v) is 7.84. The number of carbonyl (C=O) groups excluding carboxylic acids is 1. The van der Waals surface area contributed by atoms with Crippen LogP contribution in [0.1, 0.15) is 64.7 Å². The number of carbonyl (C=O) groups is 1. The molecule has 0 radical (unpaired) electrons. The lowest BCUT2D eigenvalue weighted by molar-refractivity contribution is -0.133. The fourth-order valence-corrected chi connectivity index (χ4v) is 3.37. The summed E-state index contributed by atoms with van der Waals surface area (Å²) in [6, 6.07) is 1.11. The average molecular weight is 252 g/mol. The Morgan fingerprint density at radius 2 is 2.11 bits per heavy atom. The van der Waals surface area contributed by atoms with Crippen LogP contribution in [0.15, 0.2) is 0 Å². The molecule has 1 N–H and O–H groups in total. The molecule has 2 fully saturated rings. The smallest absolute Gasteiger partial charge is 0.222 e. The first-order valence-electron chi connectivity index (χ1n) is 7.84. The molecule has 104 valence electrons. The van der Waals surface area contributed by atoms with Crippen LogP contribution < -0.4 is 5.32 Å². The van der Waals surface area contributed by atoms with Crippen LogP contribution in [0.3, 0.4) is 0 Å². The van der Waals surface area contributed by atoms with Gasteiger partial charge in [-0.05, 0) is 45.1 Å². The molecule has 0 aromatic carbocycles. The van der Waals surface area contributed by atoms with E-state index in [-0.39, 0.29) is 0 Å². The number of hydrogen-bond donors (Lipinski definition) is 1. The van der Waals surface area contributed by atoms with Gasteiger partial charge >= 0.3 is 0 Å². The summed E-state index contributed by atoms with van der Waals surface area (Å²) in [5.74, 6) is 0.400. The maximum Gasteiger partial charge on any atom is 0.222 e. The maximum atomic E-state index is 12.4. The zero-order valence-corrected chi connectivity index (χ0v) is 11.8. The molecule has 2 atom stereocenters. The summed E-state index contributed by atoms with van der Waals surface area (Å²) in [7, 11) is 0. The number of likely N-dealkylation sites (tertiary alicyclic amines) is 1. The van der Waals surface area contributed by atoms with E-state index in [2.05, 4.69) is 17.1 Å². The minimum atomic E-state index is 0.400. The normalized spacial score (nSPS) is 29.3. The van der Waals surface area contributed by atoms with E-state index in [9.17, 15) is 4.79 Å². The van der Waals surface area contributed by atoms with Gasteiger partial charge in [0, 0.05) is 25.0 Å². The molecule has 0 spiro atoms. The summed E-state index contributed by atoms with van der Waals surface area (Å²) in [5, 5.41) is 3.48. The van der Waals surface area contributed by atoms with Gasteiger partial charge in [0.15, 0.2) is 0 Å². The van der Waals surface area contributed by atoms with Crippen molar-refractivity contribution in [2.45, 2.75) is 76.8 Å². The van der Waals surface area contributed by atoms with E-state index in [0.717, 1.165) is 32.4 Å². The second-order valence-corrected chi connectivity index (χ2v) is 5.83. The Balaban J connectivity index is 1.80. The van der Waals surface area contributed by atoms with Crippen LogP contribution >= 0.6 is 0 Å². The van der Waals surface area contributed by atoms with Gasteiger partial charge in [-0.15, -0.1) is 0 Å². The first kappa shape index (κ1) is 13.9. The molecule has 0 bridgehead atoms. The lowest BCUT2D eigenvalue weighted by Crippen LogP contribution is -2.40. The van der Waals surface area contributed by atoms with Gasteiger partial charge in [-0.1, -0.05) is 19.8 Å². The first-order chi connectivity index (χ1) is 8.81. The monoisotopic (exact) mass is 252 g/mol.